The van der Waals surface area contributed by atoms with Crippen LogP contribution in [0.1, 0.15) is 26.7 Å². The number of rotatable bonds is 6. The lowest BCUT2D eigenvalue weighted by molar-refractivity contribution is -0.137. The van der Waals surface area contributed by atoms with Crippen LogP contribution in [0, 0.1) is 0 Å². The minimum Gasteiger partial charge on any atom is -0.481 e. The summed E-state index contributed by atoms with van der Waals surface area (Å²) in [6.45, 7) is 4.78. The first kappa shape index (κ1) is 13.5. The molecule has 0 bridgehead atoms. The van der Waals surface area contributed by atoms with Gasteiger partial charge in [-0.2, -0.15) is 0 Å². The molecule has 0 radical (unpaired) electrons. The number of urea groups is 1. The van der Waals surface area contributed by atoms with Gasteiger partial charge in [-0.15, -0.1) is 0 Å². The Bertz CT molecular complexity index is 245. The van der Waals surface area contributed by atoms with Crippen LogP contribution in [-0.4, -0.2) is 30.2 Å². The van der Waals surface area contributed by atoms with Crippen molar-refractivity contribution in [3.63, 3.8) is 0 Å². The Hall–Kier alpha value is -1.52. The van der Waals surface area contributed by atoms with Crippen molar-refractivity contribution in [3.05, 3.63) is 11.6 Å². The zero-order chi connectivity index (χ0) is 11.7. The summed E-state index contributed by atoms with van der Waals surface area (Å²) in [7, 11) is 0. The van der Waals surface area contributed by atoms with E-state index in [1.807, 2.05) is 19.9 Å². The zero-order valence-electron chi connectivity index (χ0n) is 9.17. The number of allylic oxidation sites excluding steroid dienone is 1. The van der Waals surface area contributed by atoms with Gasteiger partial charge in [0.2, 0.25) is 0 Å². The number of aliphatic carboxylic acids is 1. The van der Waals surface area contributed by atoms with Gasteiger partial charge in [0.1, 0.15) is 0 Å². The molecule has 5 nitrogen and oxygen atoms in total. The van der Waals surface area contributed by atoms with Gasteiger partial charge in [-0.1, -0.05) is 11.6 Å². The van der Waals surface area contributed by atoms with Gasteiger partial charge >= 0.3 is 12.0 Å². The molecule has 0 unspecified atom stereocenters. The SMILES string of the molecule is CC(C)=CCNC(=O)NCCCC(=O)O. The predicted molar refractivity (Wildman–Crippen MR) is 57.7 cm³/mol. The Balaban J connectivity index is 3.42. The van der Waals surface area contributed by atoms with Crippen molar-refractivity contribution >= 4 is 12.0 Å². The summed E-state index contributed by atoms with van der Waals surface area (Å²) in [5, 5.41) is 13.5. The van der Waals surface area contributed by atoms with Gasteiger partial charge in [0.15, 0.2) is 0 Å². The Morgan fingerprint density at radius 1 is 1.27 bits per heavy atom. The molecule has 0 aromatic carbocycles. The van der Waals surface area contributed by atoms with Crippen LogP contribution < -0.4 is 10.6 Å². The maximum absolute atomic E-state index is 11.1. The number of carbonyl (C=O) groups is 2. The molecular weight excluding hydrogens is 196 g/mol. The van der Waals surface area contributed by atoms with Crippen LogP contribution in [-0.2, 0) is 4.79 Å². The van der Waals surface area contributed by atoms with Gasteiger partial charge < -0.3 is 15.7 Å². The van der Waals surface area contributed by atoms with Crippen molar-refractivity contribution < 1.29 is 14.7 Å². The number of hydrogen-bond donors (Lipinski definition) is 3. The second-order valence-corrected chi connectivity index (χ2v) is 3.42. The first-order valence-electron chi connectivity index (χ1n) is 4.89. The molecule has 2 amide bonds. The maximum Gasteiger partial charge on any atom is 0.315 e. The molecule has 15 heavy (non-hydrogen) atoms. The van der Waals surface area contributed by atoms with Gasteiger partial charge in [0.25, 0.3) is 0 Å². The van der Waals surface area contributed by atoms with E-state index in [0.29, 0.717) is 19.5 Å². The van der Waals surface area contributed by atoms with E-state index in [1.54, 1.807) is 0 Å². The molecule has 0 aliphatic heterocycles. The molecule has 0 saturated carbocycles. The van der Waals surface area contributed by atoms with E-state index in [0.717, 1.165) is 5.57 Å². The molecule has 0 heterocycles. The summed E-state index contributed by atoms with van der Waals surface area (Å²) in [6.07, 6.45) is 2.43. The highest BCUT2D eigenvalue weighted by Gasteiger charge is 1.99. The van der Waals surface area contributed by atoms with E-state index in [1.165, 1.54) is 0 Å². The third kappa shape index (κ3) is 10.4. The predicted octanol–water partition coefficient (Wildman–Crippen LogP) is 1.12. The number of carboxylic acids is 1. The molecule has 0 aliphatic rings. The van der Waals surface area contributed by atoms with Gasteiger partial charge in [-0.3, -0.25) is 4.79 Å². The number of carbonyl (C=O) groups excluding carboxylic acids is 1. The fraction of sp³-hybridized carbons (Fsp3) is 0.600. The van der Waals surface area contributed by atoms with Crippen LogP contribution >= 0.6 is 0 Å². The fourth-order valence-electron chi connectivity index (χ4n) is 0.852. The molecule has 0 atom stereocenters. The van der Waals surface area contributed by atoms with E-state index in [2.05, 4.69) is 10.6 Å². The summed E-state index contributed by atoms with van der Waals surface area (Å²) in [5.41, 5.74) is 1.14. The Kier molecular flexibility index (Phi) is 7.05. The van der Waals surface area contributed by atoms with E-state index < -0.39 is 5.97 Å². The standard InChI is InChI=1S/C10H18N2O3/c1-8(2)5-7-12-10(15)11-6-3-4-9(13)14/h5H,3-4,6-7H2,1-2H3,(H,13,14)(H2,11,12,15). The van der Waals surface area contributed by atoms with Crippen molar-refractivity contribution in [2.24, 2.45) is 0 Å². The van der Waals surface area contributed by atoms with Gasteiger partial charge in [0.05, 0.1) is 0 Å². The first-order chi connectivity index (χ1) is 7.02. The Labute approximate surface area is 89.6 Å². The highest BCUT2D eigenvalue weighted by molar-refractivity contribution is 5.74. The maximum atomic E-state index is 11.1. The molecule has 0 spiro atoms. The summed E-state index contributed by atoms with van der Waals surface area (Å²) >= 11 is 0. The fourth-order valence-corrected chi connectivity index (χ4v) is 0.852. The number of amides is 2. The van der Waals surface area contributed by atoms with Crippen LogP contribution in [0.15, 0.2) is 11.6 Å². The second-order valence-electron chi connectivity index (χ2n) is 3.42. The number of hydrogen-bond acceptors (Lipinski definition) is 2. The van der Waals surface area contributed by atoms with Crippen LogP contribution in [0.3, 0.4) is 0 Å². The van der Waals surface area contributed by atoms with Crippen molar-refractivity contribution in [1.29, 1.82) is 0 Å². The van der Waals surface area contributed by atoms with Crippen molar-refractivity contribution in [2.45, 2.75) is 26.7 Å². The summed E-state index contributed by atoms with van der Waals surface area (Å²) in [6, 6.07) is -0.266. The quantitative estimate of drug-likeness (QED) is 0.458. The summed E-state index contributed by atoms with van der Waals surface area (Å²) in [5.74, 6) is -0.846. The normalized spacial score (nSPS) is 9.20. The Morgan fingerprint density at radius 2 is 1.93 bits per heavy atom. The van der Waals surface area contributed by atoms with Crippen LogP contribution in [0.25, 0.3) is 0 Å². The third-order valence-corrected chi connectivity index (χ3v) is 1.63. The molecule has 0 aromatic heterocycles. The van der Waals surface area contributed by atoms with E-state index in [-0.39, 0.29) is 12.5 Å². The Morgan fingerprint density at radius 3 is 2.47 bits per heavy atom. The van der Waals surface area contributed by atoms with Gasteiger partial charge in [0, 0.05) is 19.5 Å². The molecule has 0 saturated heterocycles. The molecule has 5 heteroatoms. The average molecular weight is 214 g/mol. The van der Waals surface area contributed by atoms with Crippen molar-refractivity contribution in [2.75, 3.05) is 13.1 Å². The number of carboxylic acid groups (broad SMARTS) is 1. The van der Waals surface area contributed by atoms with E-state index in [9.17, 15) is 9.59 Å². The highest BCUT2D eigenvalue weighted by Crippen LogP contribution is 1.87. The van der Waals surface area contributed by atoms with Crippen molar-refractivity contribution in [1.82, 2.24) is 10.6 Å². The van der Waals surface area contributed by atoms with Crippen LogP contribution in [0.5, 0.6) is 0 Å². The van der Waals surface area contributed by atoms with Crippen molar-refractivity contribution in [3.8, 4) is 0 Å². The summed E-state index contributed by atoms with van der Waals surface area (Å²) in [4.78, 5) is 21.2. The number of nitrogens with one attached hydrogen (secondary N) is 2. The third-order valence-electron chi connectivity index (χ3n) is 1.63. The molecule has 86 valence electrons. The molecule has 0 fully saturated rings. The van der Waals surface area contributed by atoms with Gasteiger partial charge in [-0.05, 0) is 20.3 Å². The highest BCUT2D eigenvalue weighted by atomic mass is 16.4. The monoisotopic (exact) mass is 214 g/mol. The molecule has 0 aliphatic carbocycles. The average Bonchev–Trinajstić information content (AvgIpc) is 2.11. The molecule has 0 rings (SSSR count). The first-order valence-corrected chi connectivity index (χ1v) is 4.89. The summed E-state index contributed by atoms with van der Waals surface area (Å²) < 4.78 is 0. The van der Waals surface area contributed by atoms with Crippen LogP contribution in [0.4, 0.5) is 4.79 Å². The zero-order valence-corrected chi connectivity index (χ0v) is 9.17. The smallest absolute Gasteiger partial charge is 0.315 e. The minimum absolute atomic E-state index is 0.0776. The van der Waals surface area contributed by atoms with E-state index >= 15 is 0 Å². The van der Waals surface area contributed by atoms with Crippen LogP contribution in [0.2, 0.25) is 0 Å². The molecule has 3 N–H and O–H groups in total. The second kappa shape index (κ2) is 7.84. The van der Waals surface area contributed by atoms with E-state index in [4.69, 9.17) is 5.11 Å². The lowest BCUT2D eigenvalue weighted by Gasteiger charge is -2.04. The lowest BCUT2D eigenvalue weighted by atomic mass is 10.3. The lowest BCUT2D eigenvalue weighted by Crippen LogP contribution is -2.36. The largest absolute Gasteiger partial charge is 0.481 e. The minimum atomic E-state index is -0.846. The molecule has 0 aromatic rings. The van der Waals surface area contributed by atoms with Gasteiger partial charge in [-0.25, -0.2) is 4.79 Å². The molecular formula is C10H18N2O3. The topological polar surface area (TPSA) is 78.4 Å².